The largest absolute Gasteiger partial charge is 0.373 e. The van der Waals surface area contributed by atoms with Crippen LogP contribution in [0.3, 0.4) is 0 Å². The Morgan fingerprint density at radius 2 is 1.90 bits per heavy atom. The Kier molecular flexibility index (Phi) is 8.27. The summed E-state index contributed by atoms with van der Waals surface area (Å²) in [6.07, 6.45) is 4.95. The third kappa shape index (κ3) is 6.37. The highest BCUT2D eigenvalue weighted by molar-refractivity contribution is 5.31. The van der Waals surface area contributed by atoms with Crippen molar-refractivity contribution < 1.29 is 4.74 Å². The van der Waals surface area contributed by atoms with Crippen molar-refractivity contribution >= 4 is 5.95 Å². The van der Waals surface area contributed by atoms with E-state index in [9.17, 15) is 0 Å². The molecule has 6 heteroatoms. The Balaban J connectivity index is 1.57. The first-order valence-corrected chi connectivity index (χ1v) is 11.7. The molecule has 1 atom stereocenters. The predicted octanol–water partition coefficient (Wildman–Crippen LogP) is 3.67. The van der Waals surface area contributed by atoms with E-state index in [0.717, 1.165) is 63.8 Å². The van der Waals surface area contributed by atoms with E-state index in [1.165, 1.54) is 18.5 Å². The third-order valence-electron chi connectivity index (χ3n) is 6.43. The smallest absolute Gasteiger partial charge is 0.223 e. The minimum absolute atomic E-state index is 0.271. The van der Waals surface area contributed by atoms with Gasteiger partial charge in [0.15, 0.2) is 0 Å². The second kappa shape index (κ2) is 10.7. The second-order valence-electron chi connectivity index (χ2n) is 9.10. The molecule has 164 valence electrons. The van der Waals surface area contributed by atoms with Gasteiger partial charge < -0.3 is 15.0 Å². The van der Waals surface area contributed by atoms with Crippen LogP contribution in [0.2, 0.25) is 0 Å². The van der Waals surface area contributed by atoms with Crippen molar-refractivity contribution in [3.05, 3.63) is 17.5 Å². The Morgan fingerprint density at radius 3 is 2.52 bits per heavy atom. The van der Waals surface area contributed by atoms with Gasteiger partial charge in [0.1, 0.15) is 0 Å². The van der Waals surface area contributed by atoms with Crippen LogP contribution >= 0.6 is 0 Å². The number of likely N-dealkylation sites (N-methyl/N-ethyl adjacent to an activating group) is 1. The topological polar surface area (TPSA) is 53.5 Å². The van der Waals surface area contributed by atoms with Crippen molar-refractivity contribution in [2.75, 3.05) is 44.6 Å². The lowest BCUT2D eigenvalue weighted by Crippen LogP contribution is -2.52. The van der Waals surface area contributed by atoms with Gasteiger partial charge in [0.05, 0.1) is 18.8 Å². The maximum atomic E-state index is 6.14. The van der Waals surface area contributed by atoms with Crippen molar-refractivity contribution in [1.29, 1.82) is 0 Å². The number of aromatic nitrogens is 2. The van der Waals surface area contributed by atoms with Crippen LogP contribution in [0.5, 0.6) is 0 Å². The molecular formula is C23H41N5O. The summed E-state index contributed by atoms with van der Waals surface area (Å²) in [7, 11) is 0. The number of aryl methyl sites for hydroxylation is 1. The molecule has 0 aromatic carbocycles. The monoisotopic (exact) mass is 403 g/mol. The Morgan fingerprint density at radius 1 is 1.17 bits per heavy atom. The summed E-state index contributed by atoms with van der Waals surface area (Å²) in [5, 5.41) is 3.58. The average molecular weight is 404 g/mol. The third-order valence-corrected chi connectivity index (χ3v) is 6.43. The summed E-state index contributed by atoms with van der Waals surface area (Å²) in [6.45, 7) is 17.4. The zero-order chi connectivity index (χ0) is 20.8. The van der Waals surface area contributed by atoms with Crippen LogP contribution in [-0.2, 0) is 4.74 Å². The van der Waals surface area contributed by atoms with E-state index >= 15 is 0 Å². The summed E-state index contributed by atoms with van der Waals surface area (Å²) in [6, 6.07) is 3.09. The lowest BCUT2D eigenvalue weighted by Gasteiger charge is -2.38. The van der Waals surface area contributed by atoms with Gasteiger partial charge >= 0.3 is 0 Å². The van der Waals surface area contributed by atoms with Gasteiger partial charge in [-0.2, -0.15) is 0 Å². The van der Waals surface area contributed by atoms with Crippen LogP contribution in [0, 0.1) is 6.92 Å². The van der Waals surface area contributed by atoms with Crippen molar-refractivity contribution in [2.24, 2.45) is 0 Å². The molecule has 3 rings (SSSR count). The van der Waals surface area contributed by atoms with Crippen LogP contribution in [0.15, 0.2) is 6.07 Å². The van der Waals surface area contributed by atoms with Gasteiger partial charge in [-0.25, -0.2) is 9.97 Å². The number of hydrogen-bond donors (Lipinski definition) is 1. The molecule has 6 nitrogen and oxygen atoms in total. The number of hydrogen-bond acceptors (Lipinski definition) is 6. The predicted molar refractivity (Wildman–Crippen MR) is 120 cm³/mol. The molecule has 3 heterocycles. The number of ether oxygens (including phenoxy) is 1. The fourth-order valence-electron chi connectivity index (χ4n) is 4.44. The molecule has 1 N–H and O–H groups in total. The highest BCUT2D eigenvalue weighted by Gasteiger charge is 2.27. The number of anilines is 1. The van der Waals surface area contributed by atoms with Crippen LogP contribution in [0.4, 0.5) is 5.95 Å². The van der Waals surface area contributed by atoms with Crippen molar-refractivity contribution in [1.82, 2.24) is 19.8 Å². The molecule has 0 radical (unpaired) electrons. The first-order chi connectivity index (χ1) is 14.0. The second-order valence-corrected chi connectivity index (χ2v) is 9.10. The molecule has 0 amide bonds. The van der Waals surface area contributed by atoms with Crippen molar-refractivity contribution in [3.63, 3.8) is 0 Å². The van der Waals surface area contributed by atoms with Gasteiger partial charge in [-0.15, -0.1) is 0 Å². The maximum Gasteiger partial charge on any atom is 0.223 e. The molecule has 2 saturated heterocycles. The normalized spacial score (nSPS) is 20.8. The van der Waals surface area contributed by atoms with Crippen LogP contribution < -0.4 is 5.32 Å². The Labute approximate surface area is 177 Å². The highest BCUT2D eigenvalue weighted by Crippen LogP contribution is 2.28. The minimum Gasteiger partial charge on any atom is -0.373 e. The van der Waals surface area contributed by atoms with Crippen LogP contribution in [0.25, 0.3) is 0 Å². The first kappa shape index (κ1) is 22.4. The van der Waals surface area contributed by atoms with E-state index < -0.39 is 0 Å². The van der Waals surface area contributed by atoms with Gasteiger partial charge in [-0.1, -0.05) is 20.3 Å². The van der Waals surface area contributed by atoms with Crippen LogP contribution in [-0.4, -0.2) is 77.3 Å². The molecule has 1 aromatic rings. The van der Waals surface area contributed by atoms with Crippen molar-refractivity contribution in [3.8, 4) is 0 Å². The Hall–Kier alpha value is -1.24. The zero-order valence-corrected chi connectivity index (χ0v) is 19.2. The van der Waals surface area contributed by atoms with Gasteiger partial charge in [-0.05, 0) is 65.7 Å². The summed E-state index contributed by atoms with van der Waals surface area (Å²) in [5.41, 5.74) is 2.26. The van der Waals surface area contributed by atoms with E-state index in [0.29, 0.717) is 18.1 Å². The highest BCUT2D eigenvalue weighted by atomic mass is 16.5. The maximum absolute atomic E-state index is 6.14. The first-order valence-electron chi connectivity index (χ1n) is 11.7. The van der Waals surface area contributed by atoms with Gasteiger partial charge in [0.2, 0.25) is 5.95 Å². The van der Waals surface area contributed by atoms with Crippen LogP contribution in [0.1, 0.15) is 70.7 Å². The Bertz CT molecular complexity index is 624. The molecule has 2 aliphatic heterocycles. The molecule has 0 unspecified atom stereocenters. The number of piperidine rings is 1. The summed E-state index contributed by atoms with van der Waals surface area (Å²) < 4.78 is 6.14. The molecule has 29 heavy (non-hydrogen) atoms. The van der Waals surface area contributed by atoms with Gasteiger partial charge in [0.25, 0.3) is 0 Å². The molecule has 0 spiro atoms. The molecule has 2 aliphatic rings. The molecule has 0 saturated carbocycles. The molecule has 0 bridgehead atoms. The molecule has 1 aromatic heterocycles. The van der Waals surface area contributed by atoms with Gasteiger partial charge in [-0.3, -0.25) is 4.90 Å². The van der Waals surface area contributed by atoms with E-state index in [1.807, 2.05) is 0 Å². The fraction of sp³-hybridized carbons (Fsp3) is 0.826. The summed E-state index contributed by atoms with van der Waals surface area (Å²) in [5.74, 6) is 1.32. The van der Waals surface area contributed by atoms with E-state index in [4.69, 9.17) is 9.72 Å². The fourth-order valence-corrected chi connectivity index (χ4v) is 4.44. The average Bonchev–Trinajstić information content (AvgIpc) is 2.66. The molecule has 0 aliphatic carbocycles. The number of nitrogens with one attached hydrogen (secondary N) is 1. The lowest BCUT2D eigenvalue weighted by atomic mass is 9.92. The lowest BCUT2D eigenvalue weighted by molar-refractivity contribution is -0.0551. The van der Waals surface area contributed by atoms with E-state index in [2.05, 4.69) is 60.8 Å². The van der Waals surface area contributed by atoms with E-state index in [1.54, 1.807) is 0 Å². The number of likely N-dealkylation sites (tertiary alicyclic amines) is 2. The number of nitrogens with zero attached hydrogens (tertiary/aromatic N) is 4. The molecular weight excluding hydrogens is 362 g/mol. The number of rotatable bonds is 10. The summed E-state index contributed by atoms with van der Waals surface area (Å²) >= 11 is 0. The quantitative estimate of drug-likeness (QED) is 0.643. The van der Waals surface area contributed by atoms with Crippen molar-refractivity contribution in [2.45, 2.75) is 84.4 Å². The van der Waals surface area contributed by atoms with E-state index in [-0.39, 0.29) is 6.04 Å². The van der Waals surface area contributed by atoms with Gasteiger partial charge in [0, 0.05) is 36.4 Å². The SMILES string of the molecule is CCC[C@H](COC1CN(CC)C1)Nc1nc(C)cc(C2CCN(C(C)C)CC2)n1. The minimum atomic E-state index is 0.271. The zero-order valence-electron chi connectivity index (χ0n) is 19.2. The standard InChI is InChI=1S/C23H41N5O/c1-6-8-20(16-29-21-14-27(7-2)15-21)25-23-24-18(5)13-22(26-23)19-9-11-28(12-10-19)17(3)4/h13,17,19-21H,6-12,14-16H2,1-5H3,(H,24,25,26)/t20-/m1/s1. The molecule has 2 fully saturated rings. The summed E-state index contributed by atoms with van der Waals surface area (Å²) in [4.78, 5) is 14.6.